The van der Waals surface area contributed by atoms with E-state index < -0.39 is 0 Å². The zero-order valence-corrected chi connectivity index (χ0v) is 5.40. The normalized spacial score (nSPS) is 7.40. The summed E-state index contributed by atoms with van der Waals surface area (Å²) in [5.41, 5.74) is 0. The molecule has 0 heterocycles. The lowest BCUT2D eigenvalue weighted by Gasteiger charge is -2.05. The third-order valence-electron chi connectivity index (χ3n) is 0.0680. The number of rotatable bonds is 0. The molecule has 0 N–H and O–H groups in total. The molecule has 0 aliphatic rings. The molecule has 0 amide bonds. The smallest absolute Gasteiger partial charge is 0.120 e. The van der Waals surface area contributed by atoms with Crippen LogP contribution >= 0.6 is 23.0 Å². The molecule has 0 rings (SSSR count). The van der Waals surface area contributed by atoms with Gasteiger partial charge >= 0.3 is 0 Å². The second-order valence-corrected chi connectivity index (χ2v) is 3.00. The molecule has 0 nitrogen and oxygen atoms in total. The van der Waals surface area contributed by atoms with E-state index in [0.717, 1.165) is 10.8 Å². The largest absolute Gasteiger partial charge is 0.715 e. The first-order valence-electron chi connectivity index (χ1n) is 0.779. The van der Waals surface area contributed by atoms with E-state index in [4.69, 9.17) is 0 Å². The summed E-state index contributed by atoms with van der Waals surface area (Å²) in [5.74, 6) is 0. The van der Waals surface area contributed by atoms with Gasteiger partial charge in [-0.2, -0.15) is 0 Å². The topological polar surface area (TPSA) is 0 Å². The zero-order chi connectivity index (χ0) is 4.28. The van der Waals surface area contributed by atoms with Crippen LogP contribution in [0, 0.1) is 0 Å². The van der Waals surface area contributed by atoms with Gasteiger partial charge < -0.3 is 47.3 Å². The molecule has 0 radical (unpaired) electrons. The summed E-state index contributed by atoms with van der Waals surface area (Å²) in [6, 6.07) is 0. The average Bonchev–Trinajstić information content (AvgIpc) is 1.38. The highest BCUT2D eigenvalue weighted by Crippen LogP contribution is 1.93. The van der Waals surface area contributed by atoms with E-state index in [1.54, 1.807) is 0 Å². The van der Waals surface area contributed by atoms with Crippen LogP contribution < -0.4 is 0 Å². The Morgan fingerprint density at radius 3 is 2.00 bits per heavy atom. The van der Waals surface area contributed by atoms with E-state index in [9.17, 15) is 0 Å². The van der Waals surface area contributed by atoms with Crippen molar-refractivity contribution in [2.45, 2.75) is 0 Å². The number of hydrogen-bond donors (Lipinski definition) is 0. The Hall–Kier alpha value is 1.01. The number of thiocarbonyl (C=S) groups is 1. The summed E-state index contributed by atoms with van der Waals surface area (Å²) in [6.07, 6.45) is 0. The van der Waals surface area contributed by atoms with Crippen molar-refractivity contribution in [1.29, 1.82) is 0 Å². The van der Waals surface area contributed by atoms with Gasteiger partial charge in [0, 0.05) is 0 Å². The molecule has 0 spiro atoms. The van der Waals surface area contributed by atoms with E-state index in [0.29, 0.717) is 3.53 Å². The van der Waals surface area contributed by atoms with Crippen LogP contribution in [0.2, 0.25) is 0 Å². The summed E-state index contributed by atoms with van der Waals surface area (Å²) in [5, 5.41) is 0. The van der Waals surface area contributed by atoms with Crippen molar-refractivity contribution in [3.8, 4) is 0 Å². The van der Waals surface area contributed by atoms with Crippen molar-refractivity contribution in [3.05, 3.63) is 0 Å². The fourth-order valence-corrected chi connectivity index (χ4v) is 0. The maximum atomic E-state index is 4.37. The van der Waals surface area contributed by atoms with Crippen LogP contribution in [0.3, 0.4) is 0 Å². The van der Waals surface area contributed by atoms with Crippen molar-refractivity contribution >= 4 is 50.8 Å². The Labute approximate surface area is 50.9 Å². The maximum absolute atomic E-state index is 4.37. The molecule has 0 aromatic carbocycles. The van der Waals surface area contributed by atoms with Gasteiger partial charge in [0.25, 0.3) is 0 Å². The number of hydrogen-bond acceptors (Lipinski definition) is 4. The predicted molar refractivity (Wildman–Crippen MR) is 34.9 cm³/mol. The molecule has 30 valence electrons. The van der Waals surface area contributed by atoms with Gasteiger partial charge in [-0.25, -0.2) is 0 Å². The zero-order valence-electron chi connectivity index (χ0n) is 2.13. The lowest BCUT2D eigenvalue weighted by molar-refractivity contribution is 4.22. The molecule has 0 bridgehead atoms. The second-order valence-electron chi connectivity index (χ2n) is 0.333. The molecular formula is CS4-2. The predicted octanol–water partition coefficient (Wildman–Crippen LogP) is 1.01. The molecule has 0 aliphatic carbocycles. The quantitative estimate of drug-likeness (QED) is 0.280. The first-order chi connectivity index (χ1) is 2.27. The van der Waals surface area contributed by atoms with E-state index in [2.05, 4.69) is 36.5 Å². The van der Waals surface area contributed by atoms with Crippen molar-refractivity contribution in [3.63, 3.8) is 0 Å². The highest BCUT2D eigenvalue weighted by molar-refractivity contribution is 8.72. The molecule has 0 saturated heterocycles. The van der Waals surface area contributed by atoms with Gasteiger partial charge in [0.1, 0.15) is 0 Å². The average molecular weight is 140 g/mol. The molecule has 0 saturated carbocycles. The summed E-state index contributed by atoms with van der Waals surface area (Å²) in [4.78, 5) is 0. The summed E-state index contributed by atoms with van der Waals surface area (Å²) < 4.78 is 0.403. The molecule has 0 fully saturated rings. The van der Waals surface area contributed by atoms with Crippen LogP contribution in [0.5, 0.6) is 0 Å². The minimum Gasteiger partial charge on any atom is -0.715 e. The molecule has 0 aromatic rings. The summed E-state index contributed by atoms with van der Waals surface area (Å²) in [7, 11) is 1.01. The lowest BCUT2D eigenvalue weighted by Crippen LogP contribution is -1.67. The fourth-order valence-electron chi connectivity index (χ4n) is 0. The molecular weight excluding hydrogens is 140 g/mol. The van der Waals surface area contributed by atoms with Gasteiger partial charge in [-0.05, 0) is 0 Å². The first-order valence-corrected chi connectivity index (χ1v) is 3.34. The standard InChI is InChI=1S/CH2S4/c2-1(3)5-4/h4H,(H,2,3)/p-2. The maximum Gasteiger partial charge on any atom is -0.120 e. The van der Waals surface area contributed by atoms with Crippen LogP contribution in [-0.2, 0) is 24.3 Å². The van der Waals surface area contributed by atoms with Gasteiger partial charge in [0.2, 0.25) is 0 Å². The Bertz CT molecular complexity index is 38.9. The van der Waals surface area contributed by atoms with Crippen molar-refractivity contribution in [2.24, 2.45) is 0 Å². The highest BCUT2D eigenvalue weighted by Gasteiger charge is 1.45. The first kappa shape index (κ1) is 6.01. The lowest BCUT2D eigenvalue weighted by atomic mass is 11.9. The van der Waals surface area contributed by atoms with E-state index >= 15 is 0 Å². The van der Waals surface area contributed by atoms with Crippen molar-refractivity contribution in [2.75, 3.05) is 0 Å². The molecule has 0 atom stereocenters. The third-order valence-corrected chi connectivity index (χ3v) is 1.84. The van der Waals surface area contributed by atoms with Crippen LogP contribution in [-0.4, -0.2) is 3.53 Å². The molecule has 0 aromatic heterocycles. The van der Waals surface area contributed by atoms with Gasteiger partial charge in [0.15, 0.2) is 0 Å². The van der Waals surface area contributed by atoms with Crippen LogP contribution in [0.15, 0.2) is 0 Å². The van der Waals surface area contributed by atoms with Gasteiger partial charge in [-0.1, -0.05) is 0 Å². The van der Waals surface area contributed by atoms with Crippen LogP contribution in [0.4, 0.5) is 0 Å². The molecule has 4 heteroatoms. The molecule has 5 heavy (non-hydrogen) atoms. The third kappa shape index (κ3) is 5.01. The Balaban J connectivity index is 2.85. The Morgan fingerprint density at radius 2 is 2.00 bits per heavy atom. The fraction of sp³-hybridized carbons (Fsp3) is 0. The SMILES string of the molecule is S=C([S-])S[S-]. The minimum atomic E-state index is 0.403. The monoisotopic (exact) mass is 140 g/mol. The van der Waals surface area contributed by atoms with E-state index in [1.165, 1.54) is 0 Å². The molecule has 0 unspecified atom stereocenters. The van der Waals surface area contributed by atoms with Gasteiger partial charge in [-0.15, -0.1) is 3.53 Å². The summed E-state index contributed by atoms with van der Waals surface area (Å²) in [6.45, 7) is 0. The highest BCUT2D eigenvalue weighted by atomic mass is 33.1. The summed E-state index contributed by atoms with van der Waals surface area (Å²) >= 11 is 13.1. The van der Waals surface area contributed by atoms with Crippen molar-refractivity contribution in [1.82, 2.24) is 0 Å². The van der Waals surface area contributed by atoms with Crippen LogP contribution in [0.1, 0.15) is 0 Å². The van der Waals surface area contributed by atoms with E-state index in [-0.39, 0.29) is 0 Å². The van der Waals surface area contributed by atoms with Gasteiger partial charge in [0.05, 0.1) is 0 Å². The Kier molecular flexibility index (Phi) is 3.86. The van der Waals surface area contributed by atoms with Crippen molar-refractivity contribution < 1.29 is 0 Å². The van der Waals surface area contributed by atoms with E-state index in [1.807, 2.05) is 0 Å². The molecule has 0 aliphatic heterocycles. The minimum absolute atomic E-state index is 0.403. The second kappa shape index (κ2) is 3.21. The van der Waals surface area contributed by atoms with Gasteiger partial charge in [-0.3, -0.25) is 0 Å². The Morgan fingerprint density at radius 1 is 1.80 bits per heavy atom. The van der Waals surface area contributed by atoms with Crippen LogP contribution in [0.25, 0.3) is 0 Å².